The second kappa shape index (κ2) is 7.82. The summed E-state index contributed by atoms with van der Waals surface area (Å²) in [5, 5.41) is 11.4. The van der Waals surface area contributed by atoms with Crippen LogP contribution in [0.1, 0.15) is 50.1 Å². The summed E-state index contributed by atoms with van der Waals surface area (Å²) in [6.07, 6.45) is 3.35. The van der Waals surface area contributed by atoms with E-state index < -0.39 is 17.9 Å². The van der Waals surface area contributed by atoms with Gasteiger partial charge in [0.25, 0.3) is 0 Å². The number of aryl methyl sites for hydroxylation is 1. The monoisotopic (exact) mass is 409 g/mol. The van der Waals surface area contributed by atoms with Gasteiger partial charge >= 0.3 is 11.7 Å². The number of carbonyl (C=O) groups is 3. The predicted molar refractivity (Wildman–Crippen MR) is 109 cm³/mol. The molecule has 1 aliphatic carbocycles. The average Bonchev–Trinajstić information content (AvgIpc) is 2.97. The van der Waals surface area contributed by atoms with Crippen LogP contribution in [0, 0.1) is 23.7 Å². The number of aliphatic carboxylic acids is 1. The van der Waals surface area contributed by atoms with Crippen molar-refractivity contribution in [3.8, 4) is 11.8 Å². The van der Waals surface area contributed by atoms with Crippen LogP contribution >= 0.6 is 0 Å². The molecule has 156 valence electrons. The molecule has 1 saturated heterocycles. The Balaban J connectivity index is 1.60. The topological polar surface area (TPSA) is 110 Å². The lowest BCUT2D eigenvalue weighted by Gasteiger charge is -2.22. The molecule has 0 bridgehead atoms. The van der Waals surface area contributed by atoms with Gasteiger partial charge in [-0.05, 0) is 50.3 Å². The molecule has 8 heteroatoms. The number of amides is 2. The zero-order valence-corrected chi connectivity index (χ0v) is 16.7. The maximum Gasteiger partial charge on any atom is 0.329 e. The third-order valence-corrected chi connectivity index (χ3v) is 6.11. The lowest BCUT2D eigenvalue weighted by atomic mass is 9.82. The highest BCUT2D eigenvalue weighted by Gasteiger charge is 2.31. The van der Waals surface area contributed by atoms with Gasteiger partial charge in [0.15, 0.2) is 0 Å². The summed E-state index contributed by atoms with van der Waals surface area (Å²) in [5.41, 5.74) is 1.76. The molecule has 2 heterocycles. The summed E-state index contributed by atoms with van der Waals surface area (Å²) in [7, 11) is 1.65. The Labute approximate surface area is 172 Å². The zero-order valence-electron chi connectivity index (χ0n) is 16.7. The lowest BCUT2D eigenvalue weighted by molar-refractivity contribution is -0.143. The van der Waals surface area contributed by atoms with E-state index in [0.29, 0.717) is 30.3 Å². The number of hydrogen-bond acceptors (Lipinski definition) is 4. The molecule has 2 aliphatic rings. The Bertz CT molecular complexity index is 1160. The molecular weight excluding hydrogens is 386 g/mol. The number of carboxylic acid groups (broad SMARTS) is 1. The Hall–Kier alpha value is -3.34. The van der Waals surface area contributed by atoms with E-state index in [9.17, 15) is 19.2 Å². The van der Waals surface area contributed by atoms with Crippen molar-refractivity contribution < 1.29 is 19.5 Å². The minimum absolute atomic E-state index is 0.174. The fourth-order valence-corrected chi connectivity index (χ4v) is 4.34. The Morgan fingerprint density at radius 3 is 2.50 bits per heavy atom. The number of nitrogens with zero attached hydrogens (tertiary/aromatic N) is 2. The van der Waals surface area contributed by atoms with Crippen molar-refractivity contribution >= 4 is 28.8 Å². The van der Waals surface area contributed by atoms with Gasteiger partial charge in [-0.3, -0.25) is 28.8 Å². The van der Waals surface area contributed by atoms with E-state index in [1.54, 1.807) is 13.1 Å². The third-order valence-electron chi connectivity index (χ3n) is 6.11. The molecule has 1 saturated carbocycles. The van der Waals surface area contributed by atoms with Gasteiger partial charge in [0.2, 0.25) is 11.8 Å². The highest BCUT2D eigenvalue weighted by molar-refractivity contribution is 6.00. The molecule has 1 aliphatic heterocycles. The highest BCUT2D eigenvalue weighted by Crippen LogP contribution is 2.29. The van der Waals surface area contributed by atoms with Crippen molar-refractivity contribution in [3.63, 3.8) is 0 Å². The van der Waals surface area contributed by atoms with Crippen LogP contribution in [0.4, 0.5) is 0 Å². The summed E-state index contributed by atoms with van der Waals surface area (Å²) >= 11 is 0. The molecule has 8 nitrogen and oxygen atoms in total. The Kier molecular flexibility index (Phi) is 5.20. The molecule has 4 rings (SSSR count). The SMILES string of the molecule is Cn1c(=O)n(C2CCC(=O)NC2=O)c2ccc(C#CC3CCC(C(=O)O)CC3)cc21. The first-order chi connectivity index (χ1) is 14.3. The van der Waals surface area contributed by atoms with Gasteiger partial charge in [0.05, 0.1) is 17.0 Å². The quantitative estimate of drug-likeness (QED) is 0.578. The van der Waals surface area contributed by atoms with Crippen LogP contribution < -0.4 is 11.0 Å². The summed E-state index contributed by atoms with van der Waals surface area (Å²) < 4.78 is 2.93. The number of aromatic nitrogens is 2. The van der Waals surface area contributed by atoms with Crippen LogP contribution in [0.2, 0.25) is 0 Å². The largest absolute Gasteiger partial charge is 0.481 e. The van der Waals surface area contributed by atoms with Crippen molar-refractivity contribution in [2.24, 2.45) is 18.9 Å². The summed E-state index contributed by atoms with van der Waals surface area (Å²) in [6, 6.07) is 4.72. The second-order valence-corrected chi connectivity index (χ2v) is 8.04. The van der Waals surface area contributed by atoms with Gasteiger partial charge in [0.1, 0.15) is 6.04 Å². The number of fused-ring (bicyclic) bond motifs is 1. The van der Waals surface area contributed by atoms with E-state index in [4.69, 9.17) is 5.11 Å². The average molecular weight is 409 g/mol. The maximum absolute atomic E-state index is 12.8. The fraction of sp³-hybridized carbons (Fsp3) is 0.455. The van der Waals surface area contributed by atoms with E-state index in [1.165, 1.54) is 9.13 Å². The number of rotatable bonds is 2. The minimum atomic E-state index is -0.728. The van der Waals surface area contributed by atoms with Crippen LogP contribution in [0.15, 0.2) is 23.0 Å². The van der Waals surface area contributed by atoms with Crippen molar-refractivity contribution in [2.45, 2.75) is 44.6 Å². The maximum atomic E-state index is 12.8. The normalized spacial score (nSPS) is 24.2. The molecule has 1 unspecified atom stereocenters. The van der Waals surface area contributed by atoms with Crippen molar-refractivity contribution in [1.29, 1.82) is 0 Å². The molecule has 30 heavy (non-hydrogen) atoms. The van der Waals surface area contributed by atoms with Gasteiger partial charge in [-0.2, -0.15) is 0 Å². The summed E-state index contributed by atoms with van der Waals surface area (Å²) in [4.78, 5) is 47.6. The van der Waals surface area contributed by atoms with Crippen LogP contribution in [0.3, 0.4) is 0 Å². The van der Waals surface area contributed by atoms with Gasteiger partial charge < -0.3 is 5.11 Å². The lowest BCUT2D eigenvalue weighted by Crippen LogP contribution is -2.44. The smallest absolute Gasteiger partial charge is 0.329 e. The number of benzene rings is 1. The minimum Gasteiger partial charge on any atom is -0.481 e. The first-order valence-corrected chi connectivity index (χ1v) is 10.1. The molecule has 1 atom stereocenters. The number of imidazole rings is 1. The van der Waals surface area contributed by atoms with Gasteiger partial charge in [0, 0.05) is 24.9 Å². The number of imide groups is 1. The standard InChI is InChI=1S/C22H23N3O5/c1-24-18-12-14(3-2-13-4-7-15(8-5-13)21(28)29)6-9-16(18)25(22(24)30)17-10-11-19(26)23-20(17)27/h6,9,12-13,15,17H,4-5,7-8,10-11H2,1H3,(H,28,29)(H,23,26,27). The zero-order chi connectivity index (χ0) is 21.4. The molecule has 2 N–H and O–H groups in total. The number of carboxylic acids is 1. The van der Waals surface area contributed by atoms with Crippen LogP contribution in [-0.4, -0.2) is 32.0 Å². The van der Waals surface area contributed by atoms with E-state index in [-0.39, 0.29) is 29.9 Å². The molecule has 2 amide bonds. The second-order valence-electron chi connectivity index (χ2n) is 8.04. The van der Waals surface area contributed by atoms with Crippen LogP contribution in [-0.2, 0) is 21.4 Å². The van der Waals surface area contributed by atoms with Gasteiger partial charge in [-0.1, -0.05) is 11.8 Å². The van der Waals surface area contributed by atoms with Crippen LogP contribution in [0.25, 0.3) is 11.0 Å². The molecular formula is C22H23N3O5. The molecule has 2 fully saturated rings. The molecule has 1 aromatic heterocycles. The van der Waals surface area contributed by atoms with Crippen LogP contribution in [0.5, 0.6) is 0 Å². The summed E-state index contributed by atoms with van der Waals surface area (Å²) in [5.74, 6) is 4.80. The van der Waals surface area contributed by atoms with E-state index in [2.05, 4.69) is 17.2 Å². The first kappa shape index (κ1) is 20.0. The first-order valence-electron chi connectivity index (χ1n) is 10.1. The highest BCUT2D eigenvalue weighted by atomic mass is 16.4. The van der Waals surface area contributed by atoms with E-state index in [1.807, 2.05) is 12.1 Å². The van der Waals surface area contributed by atoms with Crippen molar-refractivity contribution in [2.75, 3.05) is 0 Å². The summed E-state index contributed by atoms with van der Waals surface area (Å²) in [6.45, 7) is 0. The Morgan fingerprint density at radius 2 is 1.83 bits per heavy atom. The predicted octanol–water partition coefficient (Wildman–Crippen LogP) is 1.56. The van der Waals surface area contributed by atoms with Gasteiger partial charge in [-0.25, -0.2) is 4.79 Å². The number of carbonyl (C=O) groups excluding carboxylic acids is 2. The van der Waals surface area contributed by atoms with Crippen molar-refractivity contribution in [3.05, 3.63) is 34.2 Å². The molecule has 2 aromatic rings. The Morgan fingerprint density at radius 1 is 1.10 bits per heavy atom. The van der Waals surface area contributed by atoms with E-state index >= 15 is 0 Å². The van der Waals surface area contributed by atoms with Crippen molar-refractivity contribution in [1.82, 2.24) is 14.5 Å². The molecule has 0 spiro atoms. The number of hydrogen-bond donors (Lipinski definition) is 2. The molecule has 1 aromatic carbocycles. The van der Waals surface area contributed by atoms with E-state index in [0.717, 1.165) is 18.4 Å². The van der Waals surface area contributed by atoms with Gasteiger partial charge in [-0.15, -0.1) is 0 Å². The number of piperidine rings is 1. The molecule has 0 radical (unpaired) electrons. The number of nitrogens with one attached hydrogen (secondary N) is 1. The third kappa shape index (κ3) is 3.63. The fourth-order valence-electron chi connectivity index (χ4n) is 4.34.